The number of halogens is 1. The second-order valence-corrected chi connectivity index (χ2v) is 4.43. The van der Waals surface area contributed by atoms with Gasteiger partial charge in [-0.1, -0.05) is 31.5 Å². The van der Waals surface area contributed by atoms with Crippen LogP contribution in [0.3, 0.4) is 0 Å². The van der Waals surface area contributed by atoms with Gasteiger partial charge < -0.3 is 5.32 Å². The second-order valence-electron chi connectivity index (χ2n) is 4.43. The zero-order valence-electron chi connectivity index (χ0n) is 11.3. The van der Waals surface area contributed by atoms with Crippen LogP contribution in [0.1, 0.15) is 30.4 Å². The second kappa shape index (κ2) is 6.27. The zero-order valence-corrected chi connectivity index (χ0v) is 11.3. The Kier molecular flexibility index (Phi) is 4.44. The molecule has 1 N–H and O–H groups in total. The average Bonchev–Trinajstić information content (AvgIpc) is 2.41. The number of benzene rings is 1. The highest BCUT2D eigenvalue weighted by Gasteiger charge is 2.07. The first kappa shape index (κ1) is 13.5. The molecule has 0 fully saturated rings. The lowest BCUT2D eigenvalue weighted by molar-refractivity contribution is 0.612. The Hall–Kier alpha value is -1.97. The maximum Gasteiger partial charge on any atom is 0.135 e. The van der Waals surface area contributed by atoms with Crippen molar-refractivity contribution in [2.75, 3.05) is 12.4 Å². The monoisotopic (exact) mass is 259 g/mol. The molecule has 1 heterocycles. The summed E-state index contributed by atoms with van der Waals surface area (Å²) < 4.78 is 13.6. The maximum atomic E-state index is 13.6. The normalized spacial score (nSPS) is 10.5. The SMILES string of the molecule is CCCc1cc(NC)nc(Cc2ccccc2F)n1. The molecule has 2 aromatic rings. The molecule has 0 aliphatic rings. The summed E-state index contributed by atoms with van der Waals surface area (Å²) >= 11 is 0. The van der Waals surface area contributed by atoms with Crippen molar-refractivity contribution in [2.24, 2.45) is 0 Å². The quantitative estimate of drug-likeness (QED) is 0.896. The van der Waals surface area contributed by atoms with Crippen LogP contribution in [-0.2, 0) is 12.8 Å². The molecule has 0 atom stereocenters. The largest absolute Gasteiger partial charge is 0.373 e. The van der Waals surface area contributed by atoms with Crippen molar-refractivity contribution < 1.29 is 4.39 Å². The highest BCUT2D eigenvalue weighted by Crippen LogP contribution is 2.14. The number of nitrogens with zero attached hydrogens (tertiary/aromatic N) is 2. The molecule has 100 valence electrons. The highest BCUT2D eigenvalue weighted by molar-refractivity contribution is 5.36. The van der Waals surface area contributed by atoms with E-state index in [1.165, 1.54) is 6.07 Å². The fraction of sp³-hybridized carbons (Fsp3) is 0.333. The Labute approximate surface area is 112 Å². The minimum atomic E-state index is -0.210. The van der Waals surface area contributed by atoms with Gasteiger partial charge in [0.05, 0.1) is 0 Å². The molecule has 0 radical (unpaired) electrons. The van der Waals surface area contributed by atoms with Crippen LogP contribution in [0.25, 0.3) is 0 Å². The lowest BCUT2D eigenvalue weighted by atomic mass is 10.1. The van der Waals surface area contributed by atoms with Crippen LogP contribution in [0.5, 0.6) is 0 Å². The lowest BCUT2D eigenvalue weighted by Gasteiger charge is -2.08. The fourth-order valence-corrected chi connectivity index (χ4v) is 1.96. The fourth-order valence-electron chi connectivity index (χ4n) is 1.96. The predicted octanol–water partition coefficient (Wildman–Crippen LogP) is 3.20. The van der Waals surface area contributed by atoms with Crippen molar-refractivity contribution in [1.29, 1.82) is 0 Å². The molecule has 0 aliphatic heterocycles. The molecule has 0 saturated heterocycles. The van der Waals surface area contributed by atoms with Gasteiger partial charge in [0.2, 0.25) is 0 Å². The highest BCUT2D eigenvalue weighted by atomic mass is 19.1. The Bertz CT molecular complexity index is 555. The first-order valence-electron chi connectivity index (χ1n) is 6.51. The third kappa shape index (κ3) is 3.50. The van der Waals surface area contributed by atoms with Crippen LogP contribution < -0.4 is 5.32 Å². The van der Waals surface area contributed by atoms with Crippen molar-refractivity contribution >= 4 is 5.82 Å². The summed E-state index contributed by atoms with van der Waals surface area (Å²) in [5.41, 5.74) is 1.62. The van der Waals surface area contributed by atoms with E-state index in [1.807, 2.05) is 19.2 Å². The van der Waals surface area contributed by atoms with Crippen molar-refractivity contribution in [1.82, 2.24) is 9.97 Å². The number of hydrogen-bond donors (Lipinski definition) is 1. The molecule has 1 aromatic carbocycles. The number of hydrogen-bond acceptors (Lipinski definition) is 3. The Morgan fingerprint density at radius 2 is 2.00 bits per heavy atom. The molecular weight excluding hydrogens is 241 g/mol. The molecule has 0 bridgehead atoms. The summed E-state index contributed by atoms with van der Waals surface area (Å²) in [6.45, 7) is 2.11. The van der Waals surface area contributed by atoms with Crippen LogP contribution in [0.4, 0.5) is 10.2 Å². The minimum Gasteiger partial charge on any atom is -0.373 e. The van der Waals surface area contributed by atoms with Gasteiger partial charge in [0.1, 0.15) is 17.5 Å². The third-order valence-electron chi connectivity index (χ3n) is 2.89. The molecule has 0 amide bonds. The van der Waals surface area contributed by atoms with Crippen LogP contribution >= 0.6 is 0 Å². The van der Waals surface area contributed by atoms with E-state index in [9.17, 15) is 4.39 Å². The van der Waals surface area contributed by atoms with Gasteiger partial charge in [-0.2, -0.15) is 0 Å². The Balaban J connectivity index is 2.29. The van der Waals surface area contributed by atoms with Crippen molar-refractivity contribution in [2.45, 2.75) is 26.2 Å². The van der Waals surface area contributed by atoms with E-state index < -0.39 is 0 Å². The molecule has 0 unspecified atom stereocenters. The van der Waals surface area contributed by atoms with Crippen molar-refractivity contribution in [3.63, 3.8) is 0 Å². The van der Waals surface area contributed by atoms with E-state index in [4.69, 9.17) is 0 Å². The van der Waals surface area contributed by atoms with E-state index in [0.29, 0.717) is 17.8 Å². The summed E-state index contributed by atoms with van der Waals surface area (Å²) in [5.74, 6) is 1.23. The predicted molar refractivity (Wildman–Crippen MR) is 74.8 cm³/mol. The molecule has 2 rings (SSSR count). The number of anilines is 1. The van der Waals surface area contributed by atoms with E-state index in [1.54, 1.807) is 12.1 Å². The molecule has 3 nitrogen and oxygen atoms in total. The van der Waals surface area contributed by atoms with Crippen molar-refractivity contribution in [3.8, 4) is 0 Å². The van der Waals surface area contributed by atoms with Crippen LogP contribution in [0.15, 0.2) is 30.3 Å². The molecule has 0 aliphatic carbocycles. The molecule has 4 heteroatoms. The van der Waals surface area contributed by atoms with Gasteiger partial charge in [0, 0.05) is 25.2 Å². The first-order valence-corrected chi connectivity index (χ1v) is 6.51. The molecular formula is C15H18FN3. The summed E-state index contributed by atoms with van der Waals surface area (Å²) in [6.07, 6.45) is 2.35. The average molecular weight is 259 g/mol. The molecule has 19 heavy (non-hydrogen) atoms. The summed E-state index contributed by atoms with van der Waals surface area (Å²) in [4.78, 5) is 8.87. The summed E-state index contributed by atoms with van der Waals surface area (Å²) in [7, 11) is 1.82. The van der Waals surface area contributed by atoms with Crippen LogP contribution in [0, 0.1) is 5.82 Å². The van der Waals surface area contributed by atoms with Gasteiger partial charge in [-0.15, -0.1) is 0 Å². The van der Waals surface area contributed by atoms with Crippen molar-refractivity contribution in [3.05, 3.63) is 53.2 Å². The Morgan fingerprint density at radius 1 is 1.21 bits per heavy atom. The van der Waals surface area contributed by atoms with Gasteiger partial charge in [-0.05, 0) is 18.1 Å². The third-order valence-corrected chi connectivity index (χ3v) is 2.89. The van der Waals surface area contributed by atoms with Gasteiger partial charge in [-0.25, -0.2) is 14.4 Å². The number of aromatic nitrogens is 2. The standard InChI is InChI=1S/C15H18FN3/c1-3-6-12-10-14(17-2)19-15(18-12)9-11-7-4-5-8-13(11)16/h4-5,7-8,10H,3,6,9H2,1-2H3,(H,17,18,19). The number of aryl methyl sites for hydroxylation is 1. The molecule has 0 saturated carbocycles. The molecule has 1 aromatic heterocycles. The van der Waals surface area contributed by atoms with E-state index in [2.05, 4.69) is 22.2 Å². The molecule has 0 spiro atoms. The smallest absolute Gasteiger partial charge is 0.135 e. The summed E-state index contributed by atoms with van der Waals surface area (Å²) in [5, 5.41) is 3.02. The maximum absolute atomic E-state index is 13.6. The van der Waals surface area contributed by atoms with Gasteiger partial charge in [0.15, 0.2) is 0 Å². The number of rotatable bonds is 5. The van der Waals surface area contributed by atoms with Crippen LogP contribution in [-0.4, -0.2) is 17.0 Å². The van der Waals surface area contributed by atoms with Crippen LogP contribution in [0.2, 0.25) is 0 Å². The zero-order chi connectivity index (χ0) is 13.7. The Morgan fingerprint density at radius 3 is 2.68 bits per heavy atom. The van der Waals surface area contributed by atoms with E-state index in [0.717, 1.165) is 24.4 Å². The van der Waals surface area contributed by atoms with E-state index >= 15 is 0 Å². The lowest BCUT2D eigenvalue weighted by Crippen LogP contribution is -2.05. The topological polar surface area (TPSA) is 37.8 Å². The van der Waals surface area contributed by atoms with Gasteiger partial charge >= 0.3 is 0 Å². The number of nitrogens with one attached hydrogen (secondary N) is 1. The minimum absolute atomic E-state index is 0.210. The van der Waals surface area contributed by atoms with E-state index in [-0.39, 0.29) is 5.82 Å². The summed E-state index contributed by atoms with van der Waals surface area (Å²) in [6, 6.07) is 8.68. The van der Waals surface area contributed by atoms with Gasteiger partial charge in [-0.3, -0.25) is 0 Å². The first-order chi connectivity index (χ1) is 9.22. The van der Waals surface area contributed by atoms with Gasteiger partial charge in [0.25, 0.3) is 0 Å².